The average molecular weight is 356 g/mol. The van der Waals surface area contributed by atoms with Crippen molar-refractivity contribution in [3.8, 4) is 0 Å². The van der Waals surface area contributed by atoms with E-state index in [9.17, 15) is 9.59 Å². The van der Waals surface area contributed by atoms with Crippen molar-refractivity contribution in [1.82, 2.24) is 4.98 Å². The van der Waals surface area contributed by atoms with E-state index in [-0.39, 0.29) is 16.9 Å². The van der Waals surface area contributed by atoms with Gasteiger partial charge in [0.15, 0.2) is 0 Å². The molecule has 2 N–H and O–H groups in total. The first-order valence-corrected chi connectivity index (χ1v) is 6.61. The van der Waals surface area contributed by atoms with Crippen molar-refractivity contribution in [1.29, 1.82) is 0 Å². The molecule has 1 amide bonds. The Morgan fingerprint density at radius 2 is 2.05 bits per heavy atom. The predicted molar refractivity (Wildman–Crippen MR) is 78.3 cm³/mol. The standard InChI is InChI=1S/C13H8BrClN2O3/c14-9-2-1-5-16-11(9)12(18)17-10-6-7(15)3-4-8(10)13(19)20/h1-6H,(H,17,18)(H,19,20). The molecule has 1 aromatic carbocycles. The van der Waals surface area contributed by atoms with E-state index in [0.29, 0.717) is 9.50 Å². The Labute approximate surface area is 127 Å². The first-order valence-electron chi connectivity index (χ1n) is 5.44. The fourth-order valence-electron chi connectivity index (χ4n) is 1.54. The minimum absolute atomic E-state index is 0.0465. The number of carboxylic acid groups (broad SMARTS) is 1. The van der Waals surface area contributed by atoms with Crippen LogP contribution in [0.4, 0.5) is 5.69 Å². The van der Waals surface area contributed by atoms with E-state index in [2.05, 4.69) is 26.2 Å². The van der Waals surface area contributed by atoms with Crippen molar-refractivity contribution in [3.63, 3.8) is 0 Å². The summed E-state index contributed by atoms with van der Waals surface area (Å²) in [7, 11) is 0. The van der Waals surface area contributed by atoms with Crippen LogP contribution < -0.4 is 5.32 Å². The molecule has 0 atom stereocenters. The molecule has 0 radical (unpaired) electrons. The zero-order chi connectivity index (χ0) is 14.7. The molecule has 0 saturated heterocycles. The van der Waals surface area contributed by atoms with Crippen LogP contribution in [0, 0.1) is 0 Å². The van der Waals surface area contributed by atoms with Crippen LogP contribution in [0.5, 0.6) is 0 Å². The normalized spacial score (nSPS) is 10.1. The number of nitrogens with zero attached hydrogens (tertiary/aromatic N) is 1. The summed E-state index contributed by atoms with van der Waals surface area (Å²) in [5, 5.41) is 11.9. The lowest BCUT2D eigenvalue weighted by Crippen LogP contribution is -2.16. The zero-order valence-electron chi connectivity index (χ0n) is 9.93. The van der Waals surface area contributed by atoms with E-state index < -0.39 is 11.9 Å². The maximum Gasteiger partial charge on any atom is 0.337 e. The van der Waals surface area contributed by atoms with Crippen LogP contribution >= 0.6 is 27.5 Å². The number of hydrogen-bond acceptors (Lipinski definition) is 3. The fourth-order valence-corrected chi connectivity index (χ4v) is 2.15. The van der Waals surface area contributed by atoms with Crippen molar-refractivity contribution < 1.29 is 14.7 Å². The molecule has 0 unspecified atom stereocenters. The largest absolute Gasteiger partial charge is 0.478 e. The van der Waals surface area contributed by atoms with E-state index in [4.69, 9.17) is 16.7 Å². The Morgan fingerprint density at radius 3 is 2.70 bits per heavy atom. The lowest BCUT2D eigenvalue weighted by atomic mass is 10.1. The Morgan fingerprint density at radius 1 is 1.30 bits per heavy atom. The van der Waals surface area contributed by atoms with Crippen molar-refractivity contribution in [3.05, 3.63) is 57.3 Å². The molecule has 2 rings (SSSR count). The van der Waals surface area contributed by atoms with Gasteiger partial charge in [-0.15, -0.1) is 0 Å². The quantitative estimate of drug-likeness (QED) is 0.884. The van der Waals surface area contributed by atoms with Crippen molar-refractivity contribution in [2.24, 2.45) is 0 Å². The maximum absolute atomic E-state index is 12.1. The Balaban J connectivity index is 2.35. The molecule has 5 nitrogen and oxygen atoms in total. The smallest absolute Gasteiger partial charge is 0.337 e. The Hall–Kier alpha value is -1.92. The lowest BCUT2D eigenvalue weighted by Gasteiger charge is -2.09. The van der Waals surface area contributed by atoms with Gasteiger partial charge in [-0.1, -0.05) is 11.6 Å². The lowest BCUT2D eigenvalue weighted by molar-refractivity contribution is 0.0698. The number of halogens is 2. The number of aromatic carboxylic acids is 1. The second-order valence-electron chi connectivity index (χ2n) is 3.78. The van der Waals surface area contributed by atoms with E-state index >= 15 is 0 Å². The molecule has 1 aromatic heterocycles. The molecule has 0 aliphatic heterocycles. The number of nitrogens with one attached hydrogen (secondary N) is 1. The van der Waals surface area contributed by atoms with Gasteiger partial charge in [0.2, 0.25) is 0 Å². The van der Waals surface area contributed by atoms with Gasteiger partial charge in [-0.05, 0) is 46.3 Å². The van der Waals surface area contributed by atoms with Crippen LogP contribution in [0.3, 0.4) is 0 Å². The molecule has 20 heavy (non-hydrogen) atoms. The molecule has 0 saturated carbocycles. The molecular weight excluding hydrogens is 348 g/mol. The van der Waals surface area contributed by atoms with E-state index in [0.717, 1.165) is 0 Å². The predicted octanol–water partition coefficient (Wildman–Crippen LogP) is 3.45. The zero-order valence-corrected chi connectivity index (χ0v) is 12.3. The van der Waals surface area contributed by atoms with Gasteiger partial charge in [0.05, 0.1) is 11.3 Å². The molecule has 102 valence electrons. The van der Waals surface area contributed by atoms with Crippen LogP contribution in [0.2, 0.25) is 5.02 Å². The number of amides is 1. The van der Waals surface area contributed by atoms with Gasteiger partial charge in [0, 0.05) is 15.7 Å². The Bertz CT molecular complexity index is 691. The third kappa shape index (κ3) is 3.15. The molecular formula is C13H8BrClN2O3. The summed E-state index contributed by atoms with van der Waals surface area (Å²) in [6.07, 6.45) is 1.47. The highest BCUT2D eigenvalue weighted by atomic mass is 79.9. The van der Waals surface area contributed by atoms with Crippen LogP contribution in [0.25, 0.3) is 0 Å². The van der Waals surface area contributed by atoms with Crippen LogP contribution in [-0.2, 0) is 0 Å². The molecule has 1 heterocycles. The van der Waals surface area contributed by atoms with Gasteiger partial charge in [-0.25, -0.2) is 9.78 Å². The molecule has 0 spiro atoms. The fraction of sp³-hybridized carbons (Fsp3) is 0. The van der Waals surface area contributed by atoms with Crippen molar-refractivity contribution in [2.75, 3.05) is 5.32 Å². The second kappa shape index (κ2) is 6.02. The number of pyridine rings is 1. The summed E-state index contributed by atoms with van der Waals surface area (Å²) in [6, 6.07) is 7.48. The second-order valence-corrected chi connectivity index (χ2v) is 5.07. The topological polar surface area (TPSA) is 79.3 Å². The molecule has 2 aromatic rings. The van der Waals surface area contributed by atoms with E-state index in [1.165, 1.54) is 24.4 Å². The minimum Gasteiger partial charge on any atom is -0.478 e. The number of anilines is 1. The highest BCUT2D eigenvalue weighted by molar-refractivity contribution is 9.10. The number of carboxylic acids is 1. The Kier molecular flexibility index (Phi) is 4.36. The van der Waals surface area contributed by atoms with Crippen LogP contribution in [0.15, 0.2) is 41.0 Å². The van der Waals surface area contributed by atoms with Gasteiger partial charge in [-0.3, -0.25) is 4.79 Å². The van der Waals surface area contributed by atoms with Gasteiger partial charge in [-0.2, -0.15) is 0 Å². The SMILES string of the molecule is O=C(O)c1ccc(Cl)cc1NC(=O)c1ncccc1Br. The van der Waals surface area contributed by atoms with Gasteiger partial charge in [0.25, 0.3) is 5.91 Å². The molecule has 0 aliphatic rings. The summed E-state index contributed by atoms with van der Waals surface area (Å²) in [5.74, 6) is -1.68. The van der Waals surface area contributed by atoms with Gasteiger partial charge in [0.1, 0.15) is 5.69 Å². The van der Waals surface area contributed by atoms with Gasteiger partial charge >= 0.3 is 5.97 Å². The molecule has 0 aliphatic carbocycles. The van der Waals surface area contributed by atoms with E-state index in [1.54, 1.807) is 12.1 Å². The number of aromatic nitrogens is 1. The highest BCUT2D eigenvalue weighted by Gasteiger charge is 2.16. The summed E-state index contributed by atoms with van der Waals surface area (Å²) in [4.78, 5) is 27.1. The molecule has 0 fully saturated rings. The number of carbonyl (C=O) groups excluding carboxylic acids is 1. The van der Waals surface area contributed by atoms with Crippen molar-refractivity contribution >= 4 is 45.1 Å². The average Bonchev–Trinajstić information content (AvgIpc) is 2.38. The van der Waals surface area contributed by atoms with Gasteiger partial charge < -0.3 is 10.4 Å². The molecule has 7 heteroatoms. The van der Waals surface area contributed by atoms with Crippen LogP contribution in [-0.4, -0.2) is 22.0 Å². The summed E-state index contributed by atoms with van der Waals surface area (Å²) >= 11 is 9.02. The third-order valence-corrected chi connectivity index (χ3v) is 3.31. The third-order valence-electron chi connectivity index (χ3n) is 2.43. The first-order chi connectivity index (χ1) is 9.49. The molecule has 0 bridgehead atoms. The summed E-state index contributed by atoms with van der Waals surface area (Å²) in [6.45, 7) is 0. The monoisotopic (exact) mass is 354 g/mol. The first kappa shape index (κ1) is 14.5. The summed E-state index contributed by atoms with van der Waals surface area (Å²) in [5.41, 5.74) is 0.228. The number of benzene rings is 1. The number of carbonyl (C=O) groups is 2. The minimum atomic E-state index is -1.16. The number of hydrogen-bond donors (Lipinski definition) is 2. The van der Waals surface area contributed by atoms with Crippen molar-refractivity contribution in [2.45, 2.75) is 0 Å². The van der Waals surface area contributed by atoms with Crippen LogP contribution in [0.1, 0.15) is 20.8 Å². The summed E-state index contributed by atoms with van der Waals surface area (Å²) < 4.78 is 0.511. The van der Waals surface area contributed by atoms with E-state index in [1.807, 2.05) is 0 Å². The maximum atomic E-state index is 12.1. The highest BCUT2D eigenvalue weighted by Crippen LogP contribution is 2.22. The number of rotatable bonds is 3.